The molecule has 0 amide bonds. The van der Waals surface area contributed by atoms with Gasteiger partial charge in [0.2, 0.25) is 5.12 Å². The van der Waals surface area contributed by atoms with Gasteiger partial charge in [-0.3, -0.25) is 4.79 Å². The molecule has 0 saturated heterocycles. The summed E-state index contributed by atoms with van der Waals surface area (Å²) in [6.45, 7) is 0. The van der Waals surface area contributed by atoms with Crippen LogP contribution in [0.25, 0.3) is 0 Å². The van der Waals surface area contributed by atoms with E-state index in [1.807, 2.05) is 6.26 Å². The van der Waals surface area contributed by atoms with Gasteiger partial charge in [0, 0.05) is 0 Å². The van der Waals surface area contributed by atoms with E-state index in [4.69, 9.17) is 0 Å². The van der Waals surface area contributed by atoms with Crippen LogP contribution in [0.2, 0.25) is 0 Å². The molecule has 1 N–H and O–H groups in total. The minimum Gasteiger partial charge on any atom is -0.507 e. The molecule has 0 saturated carbocycles. The molecule has 1 aromatic rings. The minimum absolute atomic E-state index is 0.0454. The normalized spacial score (nSPS) is 9.75. The highest BCUT2D eigenvalue weighted by molar-refractivity contribution is 8.82. The standard InChI is InChI=1S/C8H8O2S2/c1-11-12-8(10)6-4-2-3-5-7(6)9/h2-5,9H,1H3. The molecular formula is C8H8O2S2. The summed E-state index contributed by atoms with van der Waals surface area (Å²) in [7, 11) is 2.49. The van der Waals surface area contributed by atoms with Crippen LogP contribution in [0.3, 0.4) is 0 Å². The van der Waals surface area contributed by atoms with Crippen LogP contribution in [0.5, 0.6) is 5.75 Å². The number of phenolic OH excluding ortho intramolecular Hbond substituents is 1. The zero-order chi connectivity index (χ0) is 8.97. The number of carbonyl (C=O) groups is 1. The second-order valence-electron chi connectivity index (χ2n) is 2.05. The molecule has 1 aromatic carbocycles. The third kappa shape index (κ3) is 2.19. The first kappa shape index (κ1) is 9.48. The Morgan fingerprint density at radius 2 is 2.08 bits per heavy atom. The highest BCUT2D eigenvalue weighted by Crippen LogP contribution is 2.27. The SMILES string of the molecule is CSSC(=O)c1ccccc1O. The Bertz CT molecular complexity index is 286. The van der Waals surface area contributed by atoms with Crippen LogP contribution in [0.1, 0.15) is 10.4 Å². The molecule has 64 valence electrons. The number of hydrogen-bond donors (Lipinski definition) is 1. The molecule has 12 heavy (non-hydrogen) atoms. The third-order valence-corrected chi connectivity index (χ3v) is 2.78. The van der Waals surface area contributed by atoms with Crippen LogP contribution >= 0.6 is 21.6 Å². The molecule has 0 aromatic heterocycles. The fourth-order valence-corrected chi connectivity index (χ4v) is 1.90. The van der Waals surface area contributed by atoms with E-state index in [-0.39, 0.29) is 10.9 Å². The molecule has 1 rings (SSSR count). The van der Waals surface area contributed by atoms with Crippen LogP contribution in [0.4, 0.5) is 0 Å². The van der Waals surface area contributed by atoms with Crippen molar-refractivity contribution in [2.24, 2.45) is 0 Å². The number of benzene rings is 1. The Balaban J connectivity index is 2.87. The summed E-state index contributed by atoms with van der Waals surface area (Å²) < 4.78 is 0. The van der Waals surface area contributed by atoms with Gasteiger partial charge in [-0.15, -0.1) is 0 Å². The molecule has 0 aliphatic carbocycles. The van der Waals surface area contributed by atoms with Gasteiger partial charge in [-0.1, -0.05) is 22.9 Å². The predicted molar refractivity (Wildman–Crippen MR) is 53.5 cm³/mol. The molecule has 0 fully saturated rings. The lowest BCUT2D eigenvalue weighted by molar-refractivity contribution is 0.108. The van der Waals surface area contributed by atoms with Gasteiger partial charge in [0.25, 0.3) is 0 Å². The summed E-state index contributed by atoms with van der Waals surface area (Å²) in [5, 5.41) is 9.15. The molecule has 2 nitrogen and oxygen atoms in total. The van der Waals surface area contributed by atoms with E-state index in [9.17, 15) is 9.90 Å². The lowest BCUT2D eigenvalue weighted by atomic mass is 10.2. The Morgan fingerprint density at radius 3 is 2.67 bits per heavy atom. The van der Waals surface area contributed by atoms with E-state index >= 15 is 0 Å². The van der Waals surface area contributed by atoms with Crippen molar-refractivity contribution in [2.75, 3.05) is 6.26 Å². The van der Waals surface area contributed by atoms with Crippen molar-refractivity contribution >= 4 is 26.7 Å². The number of aromatic hydroxyl groups is 1. The fraction of sp³-hybridized carbons (Fsp3) is 0.125. The van der Waals surface area contributed by atoms with Gasteiger partial charge >= 0.3 is 0 Å². The summed E-state index contributed by atoms with van der Waals surface area (Å²) >= 11 is 0. The molecular weight excluding hydrogens is 192 g/mol. The van der Waals surface area contributed by atoms with Crippen molar-refractivity contribution in [3.63, 3.8) is 0 Å². The molecule has 0 atom stereocenters. The highest BCUT2D eigenvalue weighted by Gasteiger charge is 2.09. The number of hydrogen-bond acceptors (Lipinski definition) is 4. The Labute approximate surface area is 78.8 Å². The maximum Gasteiger partial charge on any atom is 0.233 e. The molecule has 4 heteroatoms. The van der Waals surface area contributed by atoms with E-state index < -0.39 is 0 Å². The fourth-order valence-electron chi connectivity index (χ4n) is 0.767. The molecule has 0 heterocycles. The van der Waals surface area contributed by atoms with Crippen molar-refractivity contribution in [3.8, 4) is 5.75 Å². The first-order chi connectivity index (χ1) is 5.75. The summed E-state index contributed by atoms with van der Waals surface area (Å²) in [6.07, 6.45) is 1.82. The van der Waals surface area contributed by atoms with Crippen LogP contribution in [0, 0.1) is 0 Å². The van der Waals surface area contributed by atoms with Crippen LogP contribution in [-0.4, -0.2) is 16.5 Å². The van der Waals surface area contributed by atoms with Crippen LogP contribution in [0.15, 0.2) is 24.3 Å². The smallest absolute Gasteiger partial charge is 0.233 e. The minimum atomic E-state index is -0.111. The summed E-state index contributed by atoms with van der Waals surface area (Å²) in [5.74, 6) is 0.0454. The van der Waals surface area contributed by atoms with E-state index in [1.165, 1.54) is 16.9 Å². The number of phenols is 1. The largest absolute Gasteiger partial charge is 0.507 e. The summed E-state index contributed by atoms with van der Waals surface area (Å²) in [6, 6.07) is 6.54. The Kier molecular flexibility index (Phi) is 3.49. The van der Waals surface area contributed by atoms with Crippen molar-refractivity contribution in [3.05, 3.63) is 29.8 Å². The van der Waals surface area contributed by atoms with E-state index in [1.54, 1.807) is 18.2 Å². The van der Waals surface area contributed by atoms with E-state index in [0.717, 1.165) is 10.8 Å². The third-order valence-electron chi connectivity index (χ3n) is 1.28. The maximum atomic E-state index is 11.2. The Morgan fingerprint density at radius 1 is 1.42 bits per heavy atom. The van der Waals surface area contributed by atoms with Gasteiger partial charge in [-0.2, -0.15) is 0 Å². The van der Waals surface area contributed by atoms with E-state index in [0.29, 0.717) is 5.56 Å². The average Bonchev–Trinajstić information content (AvgIpc) is 2.05. The molecule has 0 spiro atoms. The molecule has 0 aliphatic rings. The number of para-hydroxylation sites is 1. The summed E-state index contributed by atoms with van der Waals surface area (Å²) in [5.41, 5.74) is 0.372. The molecule has 0 radical (unpaired) electrons. The predicted octanol–water partition coefficient (Wildman–Crippen LogP) is 2.54. The second-order valence-corrected chi connectivity index (χ2v) is 4.43. The van der Waals surface area contributed by atoms with E-state index in [2.05, 4.69) is 0 Å². The van der Waals surface area contributed by atoms with Crippen molar-refractivity contribution in [1.29, 1.82) is 0 Å². The molecule has 0 bridgehead atoms. The van der Waals surface area contributed by atoms with Gasteiger partial charge in [0.05, 0.1) is 5.56 Å². The first-order valence-electron chi connectivity index (χ1n) is 3.28. The Hall–Kier alpha value is -0.610. The van der Waals surface area contributed by atoms with Gasteiger partial charge in [-0.25, -0.2) is 0 Å². The van der Waals surface area contributed by atoms with Crippen LogP contribution in [-0.2, 0) is 0 Å². The van der Waals surface area contributed by atoms with Crippen molar-refractivity contribution in [1.82, 2.24) is 0 Å². The zero-order valence-corrected chi connectivity index (χ0v) is 8.11. The number of rotatable bonds is 2. The first-order valence-corrected chi connectivity index (χ1v) is 5.84. The highest BCUT2D eigenvalue weighted by atomic mass is 33.1. The number of carbonyl (C=O) groups excluding carboxylic acids is 1. The van der Waals surface area contributed by atoms with Crippen molar-refractivity contribution in [2.45, 2.75) is 0 Å². The van der Waals surface area contributed by atoms with Gasteiger partial charge in [-0.05, 0) is 29.2 Å². The summed E-state index contributed by atoms with van der Waals surface area (Å²) in [4.78, 5) is 11.2. The topological polar surface area (TPSA) is 37.3 Å². The van der Waals surface area contributed by atoms with Crippen LogP contribution < -0.4 is 0 Å². The lowest BCUT2D eigenvalue weighted by Gasteiger charge is -1.99. The zero-order valence-electron chi connectivity index (χ0n) is 6.48. The van der Waals surface area contributed by atoms with Gasteiger partial charge in [0.1, 0.15) is 5.75 Å². The molecule has 0 unspecified atom stereocenters. The monoisotopic (exact) mass is 200 g/mol. The van der Waals surface area contributed by atoms with Crippen molar-refractivity contribution < 1.29 is 9.90 Å². The quantitative estimate of drug-likeness (QED) is 0.744. The lowest BCUT2D eigenvalue weighted by Crippen LogP contribution is -1.90. The average molecular weight is 200 g/mol. The second kappa shape index (κ2) is 4.42. The van der Waals surface area contributed by atoms with Gasteiger partial charge in [0.15, 0.2) is 0 Å². The molecule has 0 aliphatic heterocycles. The maximum absolute atomic E-state index is 11.2. The van der Waals surface area contributed by atoms with Gasteiger partial charge < -0.3 is 5.11 Å².